The van der Waals surface area contributed by atoms with Crippen molar-refractivity contribution in [2.45, 2.75) is 0 Å². The molecule has 2 aromatic rings. The average Bonchev–Trinajstić information content (AvgIpc) is 2.88. The molecule has 0 aliphatic carbocycles. The van der Waals surface area contributed by atoms with E-state index in [1.807, 2.05) is 35.2 Å². The number of methoxy groups -OCH3 is 1. The SMILES string of the molecule is COc1cccc(OCC(=O)N2CCN(c3ccc(N4CCN(CCO)CC4)nn3)CC2)c1. The Labute approximate surface area is 194 Å². The van der Waals surface area contributed by atoms with Crippen LogP contribution in [0.15, 0.2) is 36.4 Å². The molecule has 0 spiro atoms. The van der Waals surface area contributed by atoms with Crippen molar-refractivity contribution in [2.75, 3.05) is 89.0 Å². The van der Waals surface area contributed by atoms with E-state index in [4.69, 9.17) is 14.6 Å². The molecule has 0 unspecified atom stereocenters. The Bertz CT molecular complexity index is 896. The molecule has 0 atom stereocenters. The minimum Gasteiger partial charge on any atom is -0.497 e. The van der Waals surface area contributed by atoms with Gasteiger partial charge in [0.15, 0.2) is 18.2 Å². The average molecular weight is 457 g/mol. The summed E-state index contributed by atoms with van der Waals surface area (Å²) in [4.78, 5) is 21.0. The highest BCUT2D eigenvalue weighted by Gasteiger charge is 2.23. The fourth-order valence-corrected chi connectivity index (χ4v) is 4.11. The molecule has 3 heterocycles. The molecule has 178 valence electrons. The Morgan fingerprint density at radius 1 is 0.909 bits per heavy atom. The van der Waals surface area contributed by atoms with Crippen LogP contribution in [0.25, 0.3) is 0 Å². The Kier molecular flexibility index (Phi) is 7.79. The number of nitrogens with zero attached hydrogens (tertiary/aromatic N) is 6. The monoisotopic (exact) mass is 456 g/mol. The molecule has 0 saturated carbocycles. The molecule has 0 radical (unpaired) electrons. The maximum absolute atomic E-state index is 12.6. The van der Waals surface area contributed by atoms with Crippen molar-refractivity contribution in [2.24, 2.45) is 0 Å². The molecular formula is C23H32N6O4. The highest BCUT2D eigenvalue weighted by molar-refractivity contribution is 5.78. The third kappa shape index (κ3) is 6.02. The van der Waals surface area contributed by atoms with Gasteiger partial charge in [-0.15, -0.1) is 10.2 Å². The van der Waals surface area contributed by atoms with Crippen molar-refractivity contribution >= 4 is 17.5 Å². The largest absolute Gasteiger partial charge is 0.497 e. The number of aliphatic hydroxyl groups excluding tert-OH is 1. The molecule has 2 aliphatic rings. The lowest BCUT2D eigenvalue weighted by Crippen LogP contribution is -2.50. The van der Waals surface area contributed by atoms with E-state index >= 15 is 0 Å². The first kappa shape index (κ1) is 23.1. The quantitative estimate of drug-likeness (QED) is 0.603. The lowest BCUT2D eigenvalue weighted by Gasteiger charge is -2.36. The highest BCUT2D eigenvalue weighted by atomic mass is 16.5. The number of anilines is 2. The smallest absolute Gasteiger partial charge is 0.260 e. The number of aliphatic hydroxyl groups is 1. The van der Waals surface area contributed by atoms with Crippen molar-refractivity contribution in [1.82, 2.24) is 20.0 Å². The molecule has 0 bridgehead atoms. The minimum atomic E-state index is -0.0285. The number of amides is 1. The van der Waals surface area contributed by atoms with Crippen LogP contribution in [-0.4, -0.2) is 110 Å². The van der Waals surface area contributed by atoms with Gasteiger partial charge < -0.3 is 29.3 Å². The Balaban J connectivity index is 1.22. The van der Waals surface area contributed by atoms with Gasteiger partial charge in [0.2, 0.25) is 0 Å². The molecule has 1 amide bonds. The van der Waals surface area contributed by atoms with Gasteiger partial charge in [0, 0.05) is 65.0 Å². The number of hydrogen-bond donors (Lipinski definition) is 1. The number of piperazine rings is 2. The Morgan fingerprint density at radius 2 is 1.52 bits per heavy atom. The Morgan fingerprint density at radius 3 is 2.09 bits per heavy atom. The molecular weight excluding hydrogens is 424 g/mol. The zero-order chi connectivity index (χ0) is 23.0. The first-order valence-electron chi connectivity index (χ1n) is 11.4. The number of rotatable bonds is 8. The van der Waals surface area contributed by atoms with E-state index in [1.165, 1.54) is 0 Å². The van der Waals surface area contributed by atoms with Gasteiger partial charge in [-0.1, -0.05) is 6.07 Å². The summed E-state index contributed by atoms with van der Waals surface area (Å²) in [7, 11) is 1.60. The second-order valence-corrected chi connectivity index (χ2v) is 8.14. The first-order chi connectivity index (χ1) is 16.2. The zero-order valence-corrected chi connectivity index (χ0v) is 19.1. The van der Waals surface area contributed by atoms with Gasteiger partial charge in [0.05, 0.1) is 13.7 Å². The van der Waals surface area contributed by atoms with Gasteiger partial charge in [-0.25, -0.2) is 0 Å². The van der Waals surface area contributed by atoms with Crippen molar-refractivity contribution in [1.29, 1.82) is 0 Å². The second-order valence-electron chi connectivity index (χ2n) is 8.14. The molecule has 2 fully saturated rings. The lowest BCUT2D eigenvalue weighted by atomic mass is 10.3. The molecule has 2 aliphatic heterocycles. The van der Waals surface area contributed by atoms with Gasteiger partial charge in [0.1, 0.15) is 11.5 Å². The number of ether oxygens (including phenoxy) is 2. The van der Waals surface area contributed by atoms with Crippen LogP contribution < -0.4 is 19.3 Å². The second kappa shape index (κ2) is 11.2. The standard InChI is InChI=1S/C23H32N6O4/c1-32-19-3-2-4-20(17-19)33-18-23(31)29-13-11-28(12-14-29)22-6-5-21(24-25-22)27-9-7-26(8-10-27)15-16-30/h2-6,17,30H,7-16,18H2,1H3. The van der Waals surface area contributed by atoms with E-state index in [9.17, 15) is 4.79 Å². The molecule has 33 heavy (non-hydrogen) atoms. The van der Waals surface area contributed by atoms with Gasteiger partial charge in [-0.2, -0.15) is 0 Å². The van der Waals surface area contributed by atoms with E-state index in [2.05, 4.69) is 24.9 Å². The fourth-order valence-electron chi connectivity index (χ4n) is 4.11. The van der Waals surface area contributed by atoms with Gasteiger partial charge in [0.25, 0.3) is 5.91 Å². The maximum Gasteiger partial charge on any atom is 0.260 e. The third-order valence-electron chi connectivity index (χ3n) is 6.11. The number of carbonyl (C=O) groups is 1. The molecule has 10 nitrogen and oxygen atoms in total. The molecule has 1 aromatic heterocycles. The minimum absolute atomic E-state index is 0.00718. The summed E-state index contributed by atoms with van der Waals surface area (Å²) in [6.45, 7) is 7.18. The van der Waals surface area contributed by atoms with E-state index in [1.54, 1.807) is 13.2 Å². The van der Waals surface area contributed by atoms with Crippen LogP contribution in [0.5, 0.6) is 11.5 Å². The number of carbonyl (C=O) groups excluding carboxylic acids is 1. The summed E-state index contributed by atoms with van der Waals surface area (Å²) in [5.74, 6) is 3.00. The topological polar surface area (TPSA) is 94.5 Å². The highest BCUT2D eigenvalue weighted by Crippen LogP contribution is 2.20. The molecule has 1 aromatic carbocycles. The van der Waals surface area contributed by atoms with Crippen LogP contribution in [0.1, 0.15) is 0 Å². The van der Waals surface area contributed by atoms with Crippen LogP contribution in [0.2, 0.25) is 0 Å². The van der Waals surface area contributed by atoms with Crippen LogP contribution in [0, 0.1) is 0 Å². The summed E-state index contributed by atoms with van der Waals surface area (Å²) in [6, 6.07) is 11.3. The molecule has 10 heteroatoms. The first-order valence-corrected chi connectivity index (χ1v) is 11.4. The van der Waals surface area contributed by atoms with E-state index in [-0.39, 0.29) is 19.1 Å². The predicted octanol–water partition coefficient (Wildman–Crippen LogP) is 0.327. The van der Waals surface area contributed by atoms with Gasteiger partial charge in [-0.3, -0.25) is 9.69 Å². The summed E-state index contributed by atoms with van der Waals surface area (Å²) in [6.07, 6.45) is 0. The zero-order valence-electron chi connectivity index (χ0n) is 19.1. The van der Waals surface area contributed by atoms with E-state index < -0.39 is 0 Å². The summed E-state index contributed by atoms with van der Waals surface area (Å²) < 4.78 is 10.8. The van der Waals surface area contributed by atoms with E-state index in [0.29, 0.717) is 37.7 Å². The van der Waals surface area contributed by atoms with Crippen LogP contribution in [0.3, 0.4) is 0 Å². The number of β-amino-alcohol motifs (C(OH)–C–C–N with tert-alkyl or cyclic N) is 1. The van der Waals surface area contributed by atoms with Gasteiger partial charge in [-0.05, 0) is 24.3 Å². The summed E-state index contributed by atoms with van der Waals surface area (Å²) in [5, 5.41) is 18.0. The number of hydrogen-bond acceptors (Lipinski definition) is 9. The molecule has 2 saturated heterocycles. The Hall–Kier alpha value is -3.11. The maximum atomic E-state index is 12.6. The van der Waals surface area contributed by atoms with Crippen LogP contribution in [0.4, 0.5) is 11.6 Å². The van der Waals surface area contributed by atoms with Crippen molar-refractivity contribution < 1.29 is 19.4 Å². The van der Waals surface area contributed by atoms with Crippen LogP contribution in [-0.2, 0) is 4.79 Å². The fraction of sp³-hybridized carbons (Fsp3) is 0.522. The lowest BCUT2D eigenvalue weighted by molar-refractivity contribution is -0.133. The number of benzene rings is 1. The van der Waals surface area contributed by atoms with Gasteiger partial charge >= 0.3 is 0 Å². The third-order valence-corrected chi connectivity index (χ3v) is 6.11. The molecule has 1 N–H and O–H groups in total. The van der Waals surface area contributed by atoms with Crippen LogP contribution >= 0.6 is 0 Å². The predicted molar refractivity (Wildman–Crippen MR) is 125 cm³/mol. The molecule has 4 rings (SSSR count). The summed E-state index contributed by atoms with van der Waals surface area (Å²) in [5.41, 5.74) is 0. The van der Waals surface area contributed by atoms with Crippen molar-refractivity contribution in [3.63, 3.8) is 0 Å². The normalized spacial score (nSPS) is 17.2. The summed E-state index contributed by atoms with van der Waals surface area (Å²) >= 11 is 0. The van der Waals surface area contributed by atoms with Crippen molar-refractivity contribution in [3.8, 4) is 11.5 Å². The number of aromatic nitrogens is 2. The van der Waals surface area contributed by atoms with E-state index in [0.717, 1.165) is 44.4 Å². The van der Waals surface area contributed by atoms with Crippen molar-refractivity contribution in [3.05, 3.63) is 36.4 Å².